The first-order chi connectivity index (χ1) is 13.9. The van der Waals surface area contributed by atoms with Gasteiger partial charge in [-0.2, -0.15) is 0 Å². The number of rotatable bonds is 3. The van der Waals surface area contributed by atoms with Crippen molar-refractivity contribution < 1.29 is 8.42 Å². The maximum Gasteiger partial charge on any atom is 0.206 e. The third kappa shape index (κ3) is 2.95. The SMILES string of the molecule is CN(C)c1ccc2c(c1)N1Cc3ccc(S(=O)(=O)c4ccccc4)cc3N(C2)C1. The van der Waals surface area contributed by atoms with Gasteiger partial charge in [-0.3, -0.25) is 0 Å². The summed E-state index contributed by atoms with van der Waals surface area (Å²) in [5.74, 6) is 0. The van der Waals surface area contributed by atoms with E-state index in [0.29, 0.717) is 9.79 Å². The molecule has 2 aliphatic rings. The maximum absolute atomic E-state index is 13.1. The van der Waals surface area contributed by atoms with Gasteiger partial charge in [-0.1, -0.05) is 30.3 Å². The first-order valence-electron chi connectivity index (χ1n) is 9.67. The lowest BCUT2D eigenvalue weighted by atomic mass is 10.0. The first kappa shape index (κ1) is 18.1. The number of hydrogen-bond donors (Lipinski definition) is 0. The molecule has 0 unspecified atom stereocenters. The quantitative estimate of drug-likeness (QED) is 0.662. The second kappa shape index (κ2) is 6.52. The van der Waals surface area contributed by atoms with Crippen molar-refractivity contribution in [2.75, 3.05) is 35.5 Å². The topological polar surface area (TPSA) is 43.9 Å². The molecule has 0 aliphatic carbocycles. The van der Waals surface area contributed by atoms with Crippen molar-refractivity contribution in [1.82, 2.24) is 0 Å². The number of sulfone groups is 1. The van der Waals surface area contributed by atoms with E-state index in [-0.39, 0.29) is 0 Å². The molecular weight excluding hydrogens is 382 g/mol. The van der Waals surface area contributed by atoms with E-state index < -0.39 is 9.84 Å². The number of fused-ring (bicyclic) bond motifs is 6. The van der Waals surface area contributed by atoms with E-state index in [1.165, 1.54) is 16.9 Å². The Balaban J connectivity index is 1.54. The van der Waals surface area contributed by atoms with Gasteiger partial charge in [-0.25, -0.2) is 8.42 Å². The molecule has 0 fully saturated rings. The fourth-order valence-electron chi connectivity index (χ4n) is 4.17. The van der Waals surface area contributed by atoms with Gasteiger partial charge >= 0.3 is 0 Å². The van der Waals surface area contributed by atoms with Gasteiger partial charge in [0.2, 0.25) is 9.84 Å². The summed E-state index contributed by atoms with van der Waals surface area (Å²) < 4.78 is 26.1. The molecule has 5 rings (SSSR count). The van der Waals surface area contributed by atoms with Crippen molar-refractivity contribution in [3.05, 3.63) is 77.9 Å². The van der Waals surface area contributed by atoms with Crippen molar-refractivity contribution in [1.29, 1.82) is 0 Å². The minimum Gasteiger partial charge on any atom is -0.378 e. The van der Waals surface area contributed by atoms with Crippen molar-refractivity contribution in [2.24, 2.45) is 0 Å². The lowest BCUT2D eigenvalue weighted by Crippen LogP contribution is -2.46. The number of anilines is 3. The van der Waals surface area contributed by atoms with Crippen LogP contribution in [0.2, 0.25) is 0 Å². The summed E-state index contributed by atoms with van der Waals surface area (Å²) in [5.41, 5.74) is 5.89. The van der Waals surface area contributed by atoms with Gasteiger partial charge in [-0.05, 0) is 47.5 Å². The van der Waals surface area contributed by atoms with Crippen molar-refractivity contribution in [3.63, 3.8) is 0 Å². The second-order valence-electron chi connectivity index (χ2n) is 7.85. The van der Waals surface area contributed by atoms with E-state index >= 15 is 0 Å². The van der Waals surface area contributed by atoms with Crippen molar-refractivity contribution >= 4 is 26.9 Å². The van der Waals surface area contributed by atoms with Crippen LogP contribution in [0.1, 0.15) is 11.1 Å². The lowest BCUT2D eigenvalue weighted by molar-refractivity contribution is 0.595. The van der Waals surface area contributed by atoms with Crippen LogP contribution < -0.4 is 14.7 Å². The van der Waals surface area contributed by atoms with Crippen LogP contribution in [0.5, 0.6) is 0 Å². The molecule has 5 nitrogen and oxygen atoms in total. The molecular formula is C23H23N3O2S. The zero-order valence-electron chi connectivity index (χ0n) is 16.5. The highest BCUT2D eigenvalue weighted by molar-refractivity contribution is 7.91. The molecule has 3 aromatic rings. The Morgan fingerprint density at radius 1 is 0.759 bits per heavy atom. The van der Waals surface area contributed by atoms with Gasteiger partial charge in [-0.15, -0.1) is 0 Å². The number of benzene rings is 3. The van der Waals surface area contributed by atoms with Crippen molar-refractivity contribution in [2.45, 2.75) is 22.9 Å². The summed E-state index contributed by atoms with van der Waals surface area (Å²) in [7, 11) is 0.584. The van der Waals surface area contributed by atoms with Crippen LogP contribution >= 0.6 is 0 Å². The summed E-state index contributed by atoms with van der Waals surface area (Å²) >= 11 is 0. The molecule has 6 heteroatoms. The highest BCUT2D eigenvalue weighted by atomic mass is 32.2. The largest absolute Gasteiger partial charge is 0.378 e. The Labute approximate surface area is 171 Å². The summed E-state index contributed by atoms with van der Waals surface area (Å²) in [6.45, 7) is 2.33. The third-order valence-electron chi connectivity index (χ3n) is 5.75. The monoisotopic (exact) mass is 405 g/mol. The van der Waals surface area contributed by atoms with E-state index in [0.717, 1.165) is 31.0 Å². The predicted molar refractivity (Wildman–Crippen MR) is 116 cm³/mol. The zero-order valence-corrected chi connectivity index (χ0v) is 17.4. The van der Waals surface area contributed by atoms with Gasteiger partial charge in [0.1, 0.15) is 0 Å². The Morgan fingerprint density at radius 2 is 1.38 bits per heavy atom. The zero-order chi connectivity index (χ0) is 20.2. The second-order valence-corrected chi connectivity index (χ2v) is 9.80. The van der Waals surface area contributed by atoms with E-state index in [1.807, 2.05) is 18.2 Å². The average molecular weight is 406 g/mol. The molecule has 0 spiro atoms. The fourth-order valence-corrected chi connectivity index (χ4v) is 5.47. The Kier molecular flexibility index (Phi) is 4.06. The smallest absolute Gasteiger partial charge is 0.206 e. The summed E-state index contributed by atoms with van der Waals surface area (Å²) in [5, 5.41) is 0. The number of hydrogen-bond acceptors (Lipinski definition) is 5. The van der Waals surface area contributed by atoms with E-state index in [1.54, 1.807) is 30.3 Å². The van der Waals surface area contributed by atoms with Crippen LogP contribution in [0, 0.1) is 0 Å². The molecule has 3 aromatic carbocycles. The van der Waals surface area contributed by atoms with Gasteiger partial charge in [0, 0.05) is 44.2 Å². The first-order valence-corrected chi connectivity index (χ1v) is 11.1. The predicted octanol–water partition coefficient (Wildman–Crippen LogP) is 3.88. The lowest BCUT2D eigenvalue weighted by Gasteiger charge is -2.45. The Morgan fingerprint density at radius 3 is 2.03 bits per heavy atom. The average Bonchev–Trinajstić information content (AvgIpc) is 2.74. The van der Waals surface area contributed by atoms with Gasteiger partial charge < -0.3 is 14.7 Å². The van der Waals surface area contributed by atoms with E-state index in [4.69, 9.17) is 0 Å². The fraction of sp³-hybridized carbons (Fsp3) is 0.217. The van der Waals surface area contributed by atoms with Crippen LogP contribution in [-0.2, 0) is 22.9 Å². The van der Waals surface area contributed by atoms with E-state index in [2.05, 4.69) is 47.0 Å². The van der Waals surface area contributed by atoms with Gasteiger partial charge in [0.15, 0.2) is 0 Å². The minimum atomic E-state index is -3.52. The standard InChI is InChI=1S/C23H23N3O2S/c1-24(2)19-10-8-17-14-26-16-25(22(17)12-19)15-18-9-11-21(13-23(18)26)29(27,28)20-6-4-3-5-7-20/h3-13H,14-16H2,1-2H3. The molecule has 0 atom stereocenters. The molecule has 0 saturated carbocycles. The molecule has 0 radical (unpaired) electrons. The van der Waals surface area contributed by atoms with Crippen LogP contribution in [-0.4, -0.2) is 29.2 Å². The maximum atomic E-state index is 13.1. The molecule has 0 aromatic heterocycles. The van der Waals surface area contributed by atoms with Crippen molar-refractivity contribution in [3.8, 4) is 0 Å². The molecule has 0 amide bonds. The highest BCUT2D eigenvalue weighted by Crippen LogP contribution is 2.40. The van der Waals surface area contributed by atoms with Crippen LogP contribution in [0.25, 0.3) is 0 Å². The van der Waals surface area contributed by atoms with Gasteiger partial charge in [0.25, 0.3) is 0 Å². The summed E-state index contributed by atoms with van der Waals surface area (Å²) in [6, 6.07) is 20.7. The van der Waals surface area contributed by atoms with Crippen LogP contribution in [0.4, 0.5) is 17.1 Å². The molecule has 29 heavy (non-hydrogen) atoms. The molecule has 0 N–H and O–H groups in total. The molecule has 2 bridgehead atoms. The molecule has 2 heterocycles. The molecule has 0 saturated heterocycles. The summed E-state index contributed by atoms with van der Waals surface area (Å²) in [4.78, 5) is 7.42. The third-order valence-corrected chi connectivity index (χ3v) is 7.52. The Hall–Kier alpha value is -2.99. The normalized spacial score (nSPS) is 15.0. The van der Waals surface area contributed by atoms with E-state index in [9.17, 15) is 8.42 Å². The summed E-state index contributed by atoms with van der Waals surface area (Å²) in [6.07, 6.45) is 0. The van der Waals surface area contributed by atoms with Gasteiger partial charge in [0.05, 0.1) is 16.5 Å². The van der Waals surface area contributed by atoms with Crippen LogP contribution in [0.3, 0.4) is 0 Å². The highest BCUT2D eigenvalue weighted by Gasteiger charge is 2.31. The molecule has 148 valence electrons. The minimum absolute atomic E-state index is 0.331. The molecule has 2 aliphatic heterocycles. The number of nitrogens with zero attached hydrogens (tertiary/aromatic N) is 3. The van der Waals surface area contributed by atoms with Crippen LogP contribution in [0.15, 0.2) is 76.5 Å². The Bertz CT molecular complexity index is 1190.